The molecule has 0 spiro atoms. The second-order valence-corrected chi connectivity index (χ2v) is 7.81. The van der Waals surface area contributed by atoms with Gasteiger partial charge in [0.15, 0.2) is 0 Å². The molecule has 2 saturated heterocycles. The monoisotopic (exact) mass is 348 g/mol. The van der Waals surface area contributed by atoms with Gasteiger partial charge in [-0.05, 0) is 52.0 Å². The molecule has 3 heterocycles. The van der Waals surface area contributed by atoms with Gasteiger partial charge in [-0.1, -0.05) is 6.92 Å². The first kappa shape index (κ1) is 18.5. The van der Waals surface area contributed by atoms with Gasteiger partial charge in [-0.25, -0.2) is 0 Å². The van der Waals surface area contributed by atoms with Gasteiger partial charge in [0.2, 0.25) is 0 Å². The number of aliphatic hydroxyl groups is 1. The van der Waals surface area contributed by atoms with E-state index in [1.165, 1.54) is 0 Å². The van der Waals surface area contributed by atoms with E-state index >= 15 is 0 Å². The molecule has 140 valence electrons. The standard InChI is InChI=1S/C20H32N2O3/c1-5-22-15(3)12-18(16(22)4)19(23)21-9-8-20(24,14(2)13-21)17-6-10-25-11-7-17/h12,14,17,24H,5-11,13H2,1-4H3/t14-,20+/m1/s1. The second kappa shape index (κ2) is 7.12. The molecule has 0 unspecified atom stereocenters. The van der Waals surface area contributed by atoms with Crippen LogP contribution in [-0.2, 0) is 11.3 Å². The molecule has 1 N–H and O–H groups in total. The average Bonchev–Trinajstić information content (AvgIpc) is 2.91. The summed E-state index contributed by atoms with van der Waals surface area (Å²) in [7, 11) is 0. The average molecular weight is 348 g/mol. The molecule has 0 radical (unpaired) electrons. The zero-order valence-electron chi connectivity index (χ0n) is 16.0. The van der Waals surface area contributed by atoms with Crippen LogP contribution in [0.5, 0.6) is 0 Å². The first-order valence-electron chi connectivity index (χ1n) is 9.64. The van der Waals surface area contributed by atoms with E-state index in [9.17, 15) is 9.90 Å². The summed E-state index contributed by atoms with van der Waals surface area (Å²) < 4.78 is 7.63. The van der Waals surface area contributed by atoms with Crippen LogP contribution in [0.15, 0.2) is 6.07 Å². The highest BCUT2D eigenvalue weighted by atomic mass is 16.5. The van der Waals surface area contributed by atoms with E-state index in [1.54, 1.807) is 0 Å². The molecular weight excluding hydrogens is 316 g/mol. The number of carbonyl (C=O) groups is 1. The van der Waals surface area contributed by atoms with Crippen molar-refractivity contribution >= 4 is 5.91 Å². The first-order chi connectivity index (χ1) is 11.9. The molecule has 2 atom stereocenters. The number of aryl methyl sites for hydroxylation is 1. The van der Waals surface area contributed by atoms with Crippen molar-refractivity contribution in [2.24, 2.45) is 11.8 Å². The van der Waals surface area contributed by atoms with Crippen molar-refractivity contribution in [3.05, 3.63) is 23.0 Å². The third kappa shape index (κ3) is 3.24. The van der Waals surface area contributed by atoms with Gasteiger partial charge < -0.3 is 19.3 Å². The van der Waals surface area contributed by atoms with Crippen LogP contribution in [0.1, 0.15) is 54.9 Å². The molecule has 0 aliphatic carbocycles. The van der Waals surface area contributed by atoms with Crippen LogP contribution in [0.4, 0.5) is 0 Å². The Bertz CT molecular complexity index is 633. The molecular formula is C20H32N2O3. The van der Waals surface area contributed by atoms with Crippen LogP contribution in [-0.4, -0.2) is 52.4 Å². The molecule has 2 fully saturated rings. The van der Waals surface area contributed by atoms with Crippen LogP contribution in [0.3, 0.4) is 0 Å². The lowest BCUT2D eigenvalue weighted by Gasteiger charge is -2.48. The summed E-state index contributed by atoms with van der Waals surface area (Å²) in [5.74, 6) is 0.482. The second-order valence-electron chi connectivity index (χ2n) is 7.81. The topological polar surface area (TPSA) is 54.7 Å². The predicted octanol–water partition coefficient (Wildman–Crippen LogP) is 2.76. The Morgan fingerprint density at radius 1 is 1.36 bits per heavy atom. The largest absolute Gasteiger partial charge is 0.389 e. The summed E-state index contributed by atoms with van der Waals surface area (Å²) in [4.78, 5) is 15.0. The SMILES string of the molecule is CCn1c(C)cc(C(=O)N2CC[C@@](O)(C3CCOCC3)[C@H](C)C2)c1C. The van der Waals surface area contributed by atoms with Crippen molar-refractivity contribution in [1.82, 2.24) is 9.47 Å². The van der Waals surface area contributed by atoms with E-state index in [4.69, 9.17) is 4.74 Å². The normalized spacial score (nSPS) is 28.4. The number of piperidine rings is 1. The fourth-order valence-corrected chi connectivity index (χ4v) is 4.80. The number of aromatic nitrogens is 1. The van der Waals surface area contributed by atoms with Gasteiger partial charge in [0.1, 0.15) is 0 Å². The van der Waals surface area contributed by atoms with E-state index in [-0.39, 0.29) is 11.8 Å². The maximum Gasteiger partial charge on any atom is 0.255 e. The maximum absolute atomic E-state index is 13.0. The lowest BCUT2D eigenvalue weighted by Crippen LogP contribution is -2.56. The number of rotatable bonds is 3. The molecule has 1 aromatic heterocycles. The Balaban J connectivity index is 1.73. The smallest absolute Gasteiger partial charge is 0.255 e. The third-order valence-electron chi connectivity index (χ3n) is 6.47. The third-order valence-corrected chi connectivity index (χ3v) is 6.47. The lowest BCUT2D eigenvalue weighted by molar-refractivity contribution is -0.125. The molecule has 1 aromatic rings. The van der Waals surface area contributed by atoms with Gasteiger partial charge in [0.25, 0.3) is 5.91 Å². The van der Waals surface area contributed by atoms with Crippen LogP contribution in [0.2, 0.25) is 0 Å². The summed E-state index contributed by atoms with van der Waals surface area (Å²) >= 11 is 0. The van der Waals surface area contributed by atoms with Crippen molar-refractivity contribution in [2.45, 2.75) is 59.1 Å². The van der Waals surface area contributed by atoms with Gasteiger partial charge >= 0.3 is 0 Å². The van der Waals surface area contributed by atoms with Gasteiger partial charge in [-0.2, -0.15) is 0 Å². The molecule has 5 heteroatoms. The van der Waals surface area contributed by atoms with Crippen LogP contribution < -0.4 is 0 Å². The quantitative estimate of drug-likeness (QED) is 0.914. The Kier molecular flexibility index (Phi) is 5.26. The van der Waals surface area contributed by atoms with Gasteiger partial charge in [-0.3, -0.25) is 4.79 Å². The van der Waals surface area contributed by atoms with Crippen molar-refractivity contribution in [3.63, 3.8) is 0 Å². The highest BCUT2D eigenvalue weighted by molar-refractivity contribution is 5.95. The fourth-order valence-electron chi connectivity index (χ4n) is 4.80. The summed E-state index contributed by atoms with van der Waals surface area (Å²) in [6.45, 7) is 11.9. The molecule has 0 aromatic carbocycles. The first-order valence-corrected chi connectivity index (χ1v) is 9.64. The molecule has 3 rings (SSSR count). The van der Waals surface area contributed by atoms with Crippen LogP contribution in [0, 0.1) is 25.7 Å². The van der Waals surface area contributed by atoms with Crippen LogP contribution >= 0.6 is 0 Å². The number of hydrogen-bond acceptors (Lipinski definition) is 3. The highest BCUT2D eigenvalue weighted by Crippen LogP contribution is 2.39. The predicted molar refractivity (Wildman–Crippen MR) is 97.8 cm³/mol. The summed E-state index contributed by atoms with van der Waals surface area (Å²) in [5.41, 5.74) is 2.32. The van der Waals surface area contributed by atoms with Crippen molar-refractivity contribution in [1.29, 1.82) is 0 Å². The molecule has 0 saturated carbocycles. The molecule has 2 aliphatic heterocycles. The van der Waals surface area contributed by atoms with E-state index in [0.717, 1.165) is 49.6 Å². The highest BCUT2D eigenvalue weighted by Gasteiger charge is 2.46. The molecule has 0 bridgehead atoms. The zero-order valence-corrected chi connectivity index (χ0v) is 16.0. The van der Waals surface area contributed by atoms with E-state index in [2.05, 4.69) is 25.3 Å². The summed E-state index contributed by atoms with van der Waals surface area (Å²) in [6.07, 6.45) is 2.51. The van der Waals surface area contributed by atoms with Gasteiger partial charge in [0.05, 0.1) is 11.2 Å². The van der Waals surface area contributed by atoms with Gasteiger partial charge in [-0.15, -0.1) is 0 Å². The molecule has 25 heavy (non-hydrogen) atoms. The van der Waals surface area contributed by atoms with E-state index in [0.29, 0.717) is 25.4 Å². The number of likely N-dealkylation sites (tertiary alicyclic amines) is 1. The van der Waals surface area contributed by atoms with E-state index < -0.39 is 5.60 Å². The Labute approximate surface area is 151 Å². The molecule has 1 amide bonds. The number of nitrogens with zero attached hydrogens (tertiary/aromatic N) is 2. The van der Waals surface area contributed by atoms with Gasteiger partial charge in [0, 0.05) is 50.2 Å². The summed E-state index contributed by atoms with van der Waals surface area (Å²) in [6, 6.07) is 2.01. The zero-order chi connectivity index (χ0) is 18.2. The minimum absolute atomic E-state index is 0.0861. The summed E-state index contributed by atoms with van der Waals surface area (Å²) in [5, 5.41) is 11.3. The Morgan fingerprint density at radius 3 is 2.60 bits per heavy atom. The van der Waals surface area contributed by atoms with Crippen molar-refractivity contribution in [2.75, 3.05) is 26.3 Å². The van der Waals surface area contributed by atoms with Crippen molar-refractivity contribution in [3.8, 4) is 0 Å². The number of ether oxygens (including phenoxy) is 1. The number of hydrogen-bond donors (Lipinski definition) is 1. The minimum atomic E-state index is -0.666. The minimum Gasteiger partial charge on any atom is -0.389 e. The Morgan fingerprint density at radius 2 is 2.04 bits per heavy atom. The van der Waals surface area contributed by atoms with E-state index in [1.807, 2.05) is 17.9 Å². The molecule has 5 nitrogen and oxygen atoms in total. The molecule has 2 aliphatic rings. The lowest BCUT2D eigenvalue weighted by atomic mass is 9.70. The van der Waals surface area contributed by atoms with Crippen LogP contribution in [0.25, 0.3) is 0 Å². The maximum atomic E-state index is 13.0. The Hall–Kier alpha value is -1.33. The fraction of sp³-hybridized carbons (Fsp3) is 0.750. The number of amides is 1. The number of carbonyl (C=O) groups excluding carboxylic acids is 1. The van der Waals surface area contributed by atoms with Crippen molar-refractivity contribution < 1.29 is 14.6 Å².